The topological polar surface area (TPSA) is 38.9 Å². The van der Waals surface area contributed by atoms with Gasteiger partial charge in [-0.3, -0.25) is 0 Å². The van der Waals surface area contributed by atoms with E-state index in [1.165, 1.54) is 6.07 Å². The molecule has 5 heteroatoms. The van der Waals surface area contributed by atoms with E-state index in [9.17, 15) is 4.39 Å². The highest BCUT2D eigenvalue weighted by Crippen LogP contribution is 2.27. The van der Waals surface area contributed by atoms with Crippen molar-refractivity contribution >= 4 is 37.5 Å². The number of thiazole rings is 1. The molecule has 1 atom stereocenters. The van der Waals surface area contributed by atoms with Crippen LogP contribution in [0.4, 0.5) is 4.39 Å². The summed E-state index contributed by atoms with van der Waals surface area (Å²) in [5.74, 6) is -0.284. The molecule has 1 heterocycles. The van der Waals surface area contributed by atoms with Gasteiger partial charge in [-0.1, -0.05) is 34.1 Å². The summed E-state index contributed by atoms with van der Waals surface area (Å²) in [6.45, 7) is 0. The minimum absolute atomic E-state index is 0.284. The van der Waals surface area contributed by atoms with Gasteiger partial charge < -0.3 is 5.73 Å². The number of nitrogens with zero attached hydrogens (tertiary/aromatic N) is 1. The Morgan fingerprint density at radius 2 is 2.05 bits per heavy atom. The lowest BCUT2D eigenvalue weighted by atomic mass is 10.0. The Morgan fingerprint density at radius 1 is 1.25 bits per heavy atom. The number of aromatic nitrogens is 1. The first-order valence-corrected chi connectivity index (χ1v) is 7.79. The maximum absolute atomic E-state index is 13.9. The van der Waals surface area contributed by atoms with Crippen LogP contribution in [0.5, 0.6) is 0 Å². The lowest BCUT2D eigenvalue weighted by Gasteiger charge is -2.11. The fraction of sp³-hybridized carbons (Fsp3) is 0.133. The highest BCUT2D eigenvalue weighted by atomic mass is 79.9. The third-order valence-corrected chi connectivity index (χ3v) is 4.65. The van der Waals surface area contributed by atoms with Crippen molar-refractivity contribution in [2.45, 2.75) is 12.5 Å². The van der Waals surface area contributed by atoms with Gasteiger partial charge in [-0.15, -0.1) is 11.3 Å². The number of fused-ring (bicyclic) bond motifs is 1. The Labute approximate surface area is 128 Å². The molecule has 0 radical (unpaired) electrons. The van der Waals surface area contributed by atoms with E-state index in [-0.39, 0.29) is 11.9 Å². The molecule has 102 valence electrons. The molecule has 2 aromatic carbocycles. The van der Waals surface area contributed by atoms with E-state index in [1.54, 1.807) is 23.5 Å². The average molecular weight is 351 g/mol. The van der Waals surface area contributed by atoms with Gasteiger partial charge in [0, 0.05) is 22.5 Å². The van der Waals surface area contributed by atoms with Crippen molar-refractivity contribution in [3.05, 3.63) is 63.3 Å². The van der Waals surface area contributed by atoms with Crippen LogP contribution in [0.15, 0.2) is 46.9 Å². The summed E-state index contributed by atoms with van der Waals surface area (Å²) < 4.78 is 15.7. The van der Waals surface area contributed by atoms with Crippen LogP contribution >= 0.6 is 27.3 Å². The molecule has 0 saturated heterocycles. The molecular weight excluding hydrogens is 339 g/mol. The molecule has 0 aliphatic rings. The van der Waals surface area contributed by atoms with E-state index < -0.39 is 0 Å². The summed E-state index contributed by atoms with van der Waals surface area (Å²) in [6, 6.07) is 12.5. The molecule has 0 saturated carbocycles. The lowest BCUT2D eigenvalue weighted by molar-refractivity contribution is 0.579. The second-order valence-corrected chi connectivity index (χ2v) is 6.58. The molecule has 0 amide bonds. The highest BCUT2D eigenvalue weighted by molar-refractivity contribution is 9.10. The fourth-order valence-corrected chi connectivity index (χ4v) is 3.47. The second-order valence-electron chi connectivity index (χ2n) is 4.55. The molecule has 0 aliphatic heterocycles. The summed E-state index contributed by atoms with van der Waals surface area (Å²) in [4.78, 5) is 4.53. The van der Waals surface area contributed by atoms with Gasteiger partial charge in [0.2, 0.25) is 0 Å². The zero-order chi connectivity index (χ0) is 14.1. The van der Waals surface area contributed by atoms with Crippen LogP contribution in [-0.2, 0) is 6.42 Å². The Hall–Kier alpha value is -1.30. The maximum atomic E-state index is 13.9. The Kier molecular flexibility index (Phi) is 3.83. The monoisotopic (exact) mass is 350 g/mol. The summed E-state index contributed by atoms with van der Waals surface area (Å²) in [6.07, 6.45) is 0.540. The molecule has 0 bridgehead atoms. The Bertz CT molecular complexity index is 723. The molecule has 1 aromatic heterocycles. The smallest absolute Gasteiger partial charge is 0.129 e. The largest absolute Gasteiger partial charge is 0.324 e. The van der Waals surface area contributed by atoms with Gasteiger partial charge >= 0.3 is 0 Å². The molecule has 3 aromatic rings. The van der Waals surface area contributed by atoms with Crippen molar-refractivity contribution in [2.24, 2.45) is 5.73 Å². The van der Waals surface area contributed by atoms with Crippen molar-refractivity contribution in [2.75, 3.05) is 0 Å². The van der Waals surface area contributed by atoms with E-state index in [0.29, 0.717) is 16.5 Å². The lowest BCUT2D eigenvalue weighted by Crippen LogP contribution is -2.14. The molecule has 0 fully saturated rings. The number of hydrogen-bond donors (Lipinski definition) is 1. The number of benzene rings is 2. The molecule has 20 heavy (non-hydrogen) atoms. The van der Waals surface area contributed by atoms with Gasteiger partial charge in [-0.25, -0.2) is 9.37 Å². The van der Waals surface area contributed by atoms with Gasteiger partial charge in [0.05, 0.1) is 15.2 Å². The zero-order valence-electron chi connectivity index (χ0n) is 10.5. The quantitative estimate of drug-likeness (QED) is 0.758. The third-order valence-electron chi connectivity index (χ3n) is 3.09. The van der Waals surface area contributed by atoms with Crippen LogP contribution in [0.1, 0.15) is 16.6 Å². The van der Waals surface area contributed by atoms with Crippen molar-refractivity contribution < 1.29 is 4.39 Å². The molecule has 0 spiro atoms. The zero-order valence-corrected chi connectivity index (χ0v) is 12.9. The molecule has 2 nitrogen and oxygen atoms in total. The summed E-state index contributed by atoms with van der Waals surface area (Å²) in [5.41, 5.74) is 7.60. The van der Waals surface area contributed by atoms with Gasteiger partial charge in [0.15, 0.2) is 0 Å². The first kappa shape index (κ1) is 13.7. The van der Waals surface area contributed by atoms with Gasteiger partial charge in [0.1, 0.15) is 5.82 Å². The summed E-state index contributed by atoms with van der Waals surface area (Å²) in [5, 5.41) is 0.931. The van der Waals surface area contributed by atoms with Gasteiger partial charge in [-0.05, 0) is 24.3 Å². The van der Waals surface area contributed by atoms with Crippen LogP contribution in [0, 0.1) is 5.82 Å². The Morgan fingerprint density at radius 3 is 2.80 bits per heavy atom. The van der Waals surface area contributed by atoms with Crippen molar-refractivity contribution in [3.63, 3.8) is 0 Å². The van der Waals surface area contributed by atoms with Crippen LogP contribution < -0.4 is 5.73 Å². The van der Waals surface area contributed by atoms with E-state index in [0.717, 1.165) is 15.2 Å². The predicted octanol–water partition coefficient (Wildman–Crippen LogP) is 4.44. The highest BCUT2D eigenvalue weighted by Gasteiger charge is 2.14. The SMILES string of the molecule is NC(Cc1nc2ccccc2s1)c1ccc(Br)cc1F. The number of para-hydroxylation sites is 1. The van der Waals surface area contributed by atoms with Crippen molar-refractivity contribution in [1.29, 1.82) is 0 Å². The number of hydrogen-bond acceptors (Lipinski definition) is 3. The molecule has 2 N–H and O–H groups in total. The number of nitrogens with two attached hydrogens (primary N) is 1. The number of halogens is 2. The summed E-state index contributed by atoms with van der Waals surface area (Å²) in [7, 11) is 0. The Balaban J connectivity index is 1.86. The normalized spacial score (nSPS) is 12.8. The minimum atomic E-state index is -0.385. The van der Waals surface area contributed by atoms with Crippen LogP contribution in [-0.4, -0.2) is 4.98 Å². The minimum Gasteiger partial charge on any atom is -0.324 e. The van der Waals surface area contributed by atoms with E-state index >= 15 is 0 Å². The first-order chi connectivity index (χ1) is 9.63. The van der Waals surface area contributed by atoms with E-state index in [2.05, 4.69) is 20.9 Å². The molecule has 0 aliphatic carbocycles. The van der Waals surface area contributed by atoms with E-state index in [4.69, 9.17) is 5.73 Å². The summed E-state index contributed by atoms with van der Waals surface area (Å²) >= 11 is 4.85. The second kappa shape index (κ2) is 5.60. The van der Waals surface area contributed by atoms with Crippen LogP contribution in [0.3, 0.4) is 0 Å². The van der Waals surface area contributed by atoms with Crippen molar-refractivity contribution in [3.8, 4) is 0 Å². The molecule has 3 rings (SSSR count). The standard InChI is InChI=1S/C15H12BrFN2S/c16-9-5-6-10(11(17)7-9)12(18)8-15-19-13-3-1-2-4-14(13)20-15/h1-7,12H,8,18H2. The average Bonchev–Trinajstić information content (AvgIpc) is 2.80. The van der Waals surface area contributed by atoms with Crippen LogP contribution in [0.2, 0.25) is 0 Å². The fourth-order valence-electron chi connectivity index (χ4n) is 2.11. The van der Waals surface area contributed by atoms with Crippen molar-refractivity contribution in [1.82, 2.24) is 4.98 Å². The third kappa shape index (κ3) is 2.75. The predicted molar refractivity (Wildman–Crippen MR) is 84.4 cm³/mol. The van der Waals surface area contributed by atoms with Gasteiger partial charge in [0.25, 0.3) is 0 Å². The maximum Gasteiger partial charge on any atom is 0.129 e. The number of rotatable bonds is 3. The molecule has 1 unspecified atom stereocenters. The molecular formula is C15H12BrFN2S. The van der Waals surface area contributed by atoms with Gasteiger partial charge in [-0.2, -0.15) is 0 Å². The van der Waals surface area contributed by atoms with E-state index in [1.807, 2.05) is 24.3 Å². The van der Waals surface area contributed by atoms with Crippen LogP contribution in [0.25, 0.3) is 10.2 Å². The first-order valence-electron chi connectivity index (χ1n) is 6.18.